The summed E-state index contributed by atoms with van der Waals surface area (Å²) in [5, 5.41) is 1.96. The molecule has 0 nitrogen and oxygen atoms in total. The third-order valence-corrected chi connectivity index (χ3v) is 9.39. The van der Waals surface area contributed by atoms with E-state index < -0.39 is 11.8 Å². The van der Waals surface area contributed by atoms with Crippen LogP contribution < -0.4 is 39.9 Å². The normalized spacial score (nSPS) is 11.6. The fourth-order valence-electron chi connectivity index (χ4n) is 2.84. The first-order chi connectivity index (χ1) is 11.1. The molecule has 0 aliphatic rings. The van der Waals surface area contributed by atoms with Gasteiger partial charge in [-0.3, -0.25) is 0 Å². The van der Waals surface area contributed by atoms with Crippen LogP contribution in [0.1, 0.15) is 0 Å². The van der Waals surface area contributed by atoms with Crippen molar-refractivity contribution >= 4 is 39.1 Å². The molecule has 0 saturated carbocycles. The van der Waals surface area contributed by atoms with Gasteiger partial charge in [-0.25, -0.2) is 0 Å². The Morgan fingerprint density at radius 2 is 0.833 bits per heavy atom. The lowest BCUT2D eigenvalue weighted by atomic mass is 10.4. The molecule has 3 aromatic rings. The summed E-state index contributed by atoms with van der Waals surface area (Å²) in [7, 11) is -3.15. The van der Waals surface area contributed by atoms with Gasteiger partial charge < -0.3 is 24.0 Å². The van der Waals surface area contributed by atoms with Crippen LogP contribution in [0.15, 0.2) is 91.0 Å². The molecule has 0 atom stereocenters. The van der Waals surface area contributed by atoms with Gasteiger partial charge in [-0.1, -0.05) is 54.6 Å². The zero-order valence-corrected chi connectivity index (χ0v) is 17.3. The Morgan fingerprint density at radius 1 is 0.583 bits per heavy atom. The molecule has 5 heteroatoms. The Hall–Kier alpha value is -0.840. The van der Waals surface area contributed by atoms with Gasteiger partial charge in [-0.15, -0.1) is 0 Å². The molecule has 0 amide bonds. The van der Waals surface area contributed by atoms with Crippen molar-refractivity contribution in [3.05, 3.63) is 91.0 Å². The molecule has 0 aliphatic carbocycles. The topological polar surface area (TPSA) is 0 Å². The summed E-state index contributed by atoms with van der Waals surface area (Å²) in [6.45, 7) is 0. The maximum atomic E-state index is 15.1. The predicted octanol–water partition coefficient (Wildman–Crippen LogP) is 1.93. The molecule has 0 saturated heterocycles. The number of hydrogen-bond acceptors (Lipinski definition) is 0. The third kappa shape index (κ3) is 3.42. The van der Waals surface area contributed by atoms with Gasteiger partial charge in [0, 0.05) is 15.9 Å². The van der Waals surface area contributed by atoms with E-state index in [4.69, 9.17) is 0 Å². The highest BCUT2D eigenvalue weighted by Crippen LogP contribution is 2.69. The lowest BCUT2D eigenvalue weighted by Gasteiger charge is -2.30. The highest BCUT2D eigenvalue weighted by atomic mass is 127. The molecule has 3 aromatic carbocycles. The molecule has 0 aliphatic heterocycles. The van der Waals surface area contributed by atoms with Gasteiger partial charge in [0.2, 0.25) is 0 Å². The van der Waals surface area contributed by atoms with Crippen LogP contribution in [0.3, 0.4) is 0 Å². The van der Waals surface area contributed by atoms with E-state index in [9.17, 15) is 0 Å². The molecule has 0 bridgehead atoms. The third-order valence-electron chi connectivity index (χ3n) is 3.81. The van der Waals surface area contributed by atoms with Crippen LogP contribution in [0.5, 0.6) is 0 Å². The standard InChI is InChI=1S/C19H15BrF2P.HI/c20-19(21,22)23(16-10-4-1-5-11-16,17-12-6-2-7-13-17)18-14-8-3-9-15-18;/h1-15H;1H/q+1;/p-1. The molecule has 0 unspecified atom stereocenters. The maximum Gasteiger partial charge on any atom is 0.422 e. The van der Waals surface area contributed by atoms with Gasteiger partial charge in [0.15, 0.2) is 7.26 Å². The molecular formula is C19H15BrF2IP. The first-order valence-corrected chi connectivity index (χ1v) is 9.78. The lowest BCUT2D eigenvalue weighted by molar-refractivity contribution is -0.00000700. The quantitative estimate of drug-likeness (QED) is 0.281. The van der Waals surface area contributed by atoms with Crippen molar-refractivity contribution < 1.29 is 32.8 Å². The Morgan fingerprint density at radius 3 is 1.04 bits per heavy atom. The summed E-state index contributed by atoms with van der Waals surface area (Å²) >= 11 is 2.73. The Bertz CT molecular complexity index is 665. The van der Waals surface area contributed by atoms with Crippen molar-refractivity contribution in [1.29, 1.82) is 0 Å². The first-order valence-electron chi connectivity index (χ1n) is 7.19. The number of alkyl halides is 3. The largest absolute Gasteiger partial charge is 1.00 e. The van der Waals surface area contributed by atoms with Crippen LogP contribution in [0.25, 0.3) is 0 Å². The van der Waals surface area contributed by atoms with E-state index in [1.54, 1.807) is 36.4 Å². The molecule has 0 fully saturated rings. The number of hydrogen-bond donors (Lipinski definition) is 0. The predicted molar refractivity (Wildman–Crippen MR) is 99.0 cm³/mol. The van der Waals surface area contributed by atoms with Crippen LogP contribution in [-0.4, -0.2) is 4.57 Å². The summed E-state index contributed by atoms with van der Waals surface area (Å²) in [6, 6.07) is 27.2. The summed E-state index contributed by atoms with van der Waals surface area (Å²) in [6.07, 6.45) is 0. The smallest absolute Gasteiger partial charge is 0.422 e. The molecule has 0 heterocycles. The van der Waals surface area contributed by atoms with Gasteiger partial charge >= 0.3 is 4.57 Å². The molecule has 24 heavy (non-hydrogen) atoms. The number of rotatable bonds is 4. The van der Waals surface area contributed by atoms with Crippen molar-refractivity contribution in [2.75, 3.05) is 0 Å². The van der Waals surface area contributed by atoms with Crippen molar-refractivity contribution in [2.45, 2.75) is 4.57 Å². The van der Waals surface area contributed by atoms with Crippen molar-refractivity contribution in [2.24, 2.45) is 0 Å². The summed E-state index contributed by atoms with van der Waals surface area (Å²) in [4.78, 5) is 0. The van der Waals surface area contributed by atoms with E-state index in [1.807, 2.05) is 54.6 Å². The zero-order valence-electron chi connectivity index (χ0n) is 12.6. The lowest BCUT2D eigenvalue weighted by Crippen LogP contribution is -3.00. The van der Waals surface area contributed by atoms with E-state index in [0.29, 0.717) is 15.9 Å². The highest BCUT2D eigenvalue weighted by Gasteiger charge is 2.64. The van der Waals surface area contributed by atoms with E-state index in [0.717, 1.165) is 0 Å². The molecule has 3 rings (SSSR count). The number of halogens is 4. The van der Waals surface area contributed by atoms with Crippen molar-refractivity contribution in [3.63, 3.8) is 0 Å². The summed E-state index contributed by atoms with van der Waals surface area (Å²) in [5.41, 5.74) is 0. The van der Waals surface area contributed by atoms with Crippen LogP contribution in [0, 0.1) is 0 Å². The second-order valence-electron chi connectivity index (χ2n) is 5.15. The van der Waals surface area contributed by atoms with Crippen molar-refractivity contribution in [1.82, 2.24) is 0 Å². The summed E-state index contributed by atoms with van der Waals surface area (Å²) < 4.78 is 27.1. The van der Waals surface area contributed by atoms with Gasteiger partial charge in [0.25, 0.3) is 0 Å². The van der Waals surface area contributed by atoms with Gasteiger partial charge in [-0.2, -0.15) is 8.78 Å². The Labute approximate surface area is 166 Å². The van der Waals surface area contributed by atoms with Crippen LogP contribution in [-0.2, 0) is 0 Å². The molecule has 0 aromatic heterocycles. The monoisotopic (exact) mass is 518 g/mol. The van der Waals surface area contributed by atoms with E-state index in [-0.39, 0.29) is 24.0 Å². The molecule has 0 radical (unpaired) electrons. The highest BCUT2D eigenvalue weighted by molar-refractivity contribution is 9.11. The second-order valence-corrected chi connectivity index (χ2v) is 10.2. The SMILES string of the molecule is FC(F)(Br)[P+](c1ccccc1)(c1ccccc1)c1ccccc1.[I-]. The average Bonchev–Trinajstić information content (AvgIpc) is 2.57. The molecule has 124 valence electrons. The van der Waals surface area contributed by atoms with Gasteiger partial charge in [0.1, 0.15) is 15.9 Å². The van der Waals surface area contributed by atoms with Crippen LogP contribution >= 0.6 is 23.2 Å². The Kier molecular flexibility index (Phi) is 6.52. The van der Waals surface area contributed by atoms with Gasteiger partial charge in [0.05, 0.1) is 0 Å². The molecular weight excluding hydrogens is 504 g/mol. The summed E-state index contributed by atoms with van der Waals surface area (Å²) in [5.74, 6) is 0. The molecule has 0 spiro atoms. The maximum absolute atomic E-state index is 15.1. The molecule has 0 N–H and O–H groups in total. The van der Waals surface area contributed by atoms with E-state index in [1.165, 1.54) is 0 Å². The zero-order chi connectivity index (χ0) is 16.3. The fourth-order valence-corrected chi connectivity index (χ4v) is 8.31. The Balaban J connectivity index is 0.00000208. The van der Waals surface area contributed by atoms with E-state index in [2.05, 4.69) is 15.9 Å². The second kappa shape index (κ2) is 8.03. The minimum absolute atomic E-state index is 0. The van der Waals surface area contributed by atoms with E-state index >= 15 is 8.78 Å². The minimum Gasteiger partial charge on any atom is -1.00 e. The van der Waals surface area contributed by atoms with Gasteiger partial charge in [-0.05, 0) is 36.4 Å². The van der Waals surface area contributed by atoms with Crippen molar-refractivity contribution in [3.8, 4) is 0 Å². The van der Waals surface area contributed by atoms with Crippen LogP contribution in [0.2, 0.25) is 0 Å². The average molecular weight is 519 g/mol. The van der Waals surface area contributed by atoms with Crippen LogP contribution in [0.4, 0.5) is 8.78 Å². The first kappa shape index (κ1) is 19.5. The fraction of sp³-hybridized carbons (Fsp3) is 0.0526. The minimum atomic E-state index is -3.15. The number of benzene rings is 3.